The summed E-state index contributed by atoms with van der Waals surface area (Å²) < 4.78 is 10.5. The number of ether oxygens (including phenoxy) is 2. The lowest BCUT2D eigenvalue weighted by Gasteiger charge is -2.08. The Bertz CT molecular complexity index is 611. The third-order valence-electron chi connectivity index (χ3n) is 2.73. The fraction of sp³-hybridized carbons (Fsp3) is 0.143. The van der Waals surface area contributed by atoms with Gasteiger partial charge >= 0.3 is 5.69 Å². The summed E-state index contributed by atoms with van der Waals surface area (Å²) in [7, 11) is 1.40. The number of nitrogens with two attached hydrogens (primary N) is 1. The van der Waals surface area contributed by atoms with Gasteiger partial charge in [0.05, 0.1) is 12.0 Å². The Hall–Kier alpha value is -2.76. The number of methoxy groups -OCH3 is 1. The number of nitrogens with zero attached hydrogens (tertiary/aromatic N) is 1. The summed E-state index contributed by atoms with van der Waals surface area (Å²) in [5.41, 5.74) is 6.84. The van der Waals surface area contributed by atoms with Crippen LogP contribution in [0.15, 0.2) is 42.5 Å². The lowest BCUT2D eigenvalue weighted by atomic mass is 10.2. The first-order valence-electron chi connectivity index (χ1n) is 5.90. The highest BCUT2D eigenvalue weighted by Gasteiger charge is 2.15. The Morgan fingerprint density at radius 1 is 1.20 bits per heavy atom. The van der Waals surface area contributed by atoms with Gasteiger partial charge in [-0.2, -0.15) is 0 Å². The molecular formula is C14H14N2O4. The average Bonchev–Trinajstić information content (AvgIpc) is 2.46. The third-order valence-corrected chi connectivity index (χ3v) is 2.73. The van der Waals surface area contributed by atoms with Crippen LogP contribution in [-0.4, -0.2) is 12.0 Å². The van der Waals surface area contributed by atoms with E-state index in [0.29, 0.717) is 17.0 Å². The number of nitrogen functional groups attached to an aromatic ring is 1. The number of rotatable bonds is 5. The number of nitro groups is 1. The first-order chi connectivity index (χ1) is 9.60. The number of hydrogen-bond donors (Lipinski definition) is 1. The van der Waals surface area contributed by atoms with Crippen molar-refractivity contribution in [1.29, 1.82) is 0 Å². The maximum atomic E-state index is 10.9. The molecule has 0 unspecified atom stereocenters. The molecule has 2 rings (SSSR count). The van der Waals surface area contributed by atoms with Crippen molar-refractivity contribution in [3.8, 4) is 11.5 Å². The van der Waals surface area contributed by atoms with Gasteiger partial charge in [0.1, 0.15) is 12.4 Å². The second-order valence-electron chi connectivity index (χ2n) is 4.12. The maximum Gasteiger partial charge on any atom is 0.311 e. The Morgan fingerprint density at radius 3 is 2.50 bits per heavy atom. The van der Waals surface area contributed by atoms with E-state index in [-0.39, 0.29) is 18.0 Å². The SMILES string of the molecule is COc1ccc(COc2ccc(N)cc2)cc1[N+](=O)[O-]. The fourth-order valence-electron chi connectivity index (χ4n) is 1.70. The smallest absolute Gasteiger partial charge is 0.311 e. The van der Waals surface area contributed by atoms with E-state index in [1.807, 2.05) is 0 Å². The van der Waals surface area contributed by atoms with Crippen LogP contribution in [0.1, 0.15) is 5.56 Å². The Labute approximate surface area is 115 Å². The molecule has 0 aliphatic rings. The predicted molar refractivity (Wildman–Crippen MR) is 74.8 cm³/mol. The average molecular weight is 274 g/mol. The second-order valence-corrected chi connectivity index (χ2v) is 4.12. The fourth-order valence-corrected chi connectivity index (χ4v) is 1.70. The Morgan fingerprint density at radius 2 is 1.90 bits per heavy atom. The van der Waals surface area contributed by atoms with E-state index < -0.39 is 4.92 Å². The molecule has 104 valence electrons. The summed E-state index contributed by atoms with van der Waals surface area (Å²) in [5, 5.41) is 10.9. The molecule has 2 N–H and O–H groups in total. The summed E-state index contributed by atoms with van der Waals surface area (Å²) in [6.07, 6.45) is 0. The van der Waals surface area contributed by atoms with E-state index in [4.69, 9.17) is 15.2 Å². The molecule has 0 aliphatic heterocycles. The third kappa shape index (κ3) is 3.17. The van der Waals surface area contributed by atoms with E-state index in [2.05, 4.69) is 0 Å². The van der Waals surface area contributed by atoms with Crippen molar-refractivity contribution < 1.29 is 14.4 Å². The Balaban J connectivity index is 2.11. The molecule has 2 aromatic carbocycles. The molecule has 0 aliphatic carbocycles. The normalized spacial score (nSPS) is 10.1. The van der Waals surface area contributed by atoms with Crippen molar-refractivity contribution in [2.75, 3.05) is 12.8 Å². The monoisotopic (exact) mass is 274 g/mol. The van der Waals surface area contributed by atoms with Gasteiger partial charge in [-0.3, -0.25) is 10.1 Å². The molecule has 0 aromatic heterocycles. The van der Waals surface area contributed by atoms with Gasteiger partial charge in [0.2, 0.25) is 0 Å². The van der Waals surface area contributed by atoms with Crippen molar-refractivity contribution in [1.82, 2.24) is 0 Å². The van der Waals surface area contributed by atoms with Gasteiger partial charge < -0.3 is 15.2 Å². The molecule has 0 saturated heterocycles. The molecule has 0 atom stereocenters. The zero-order chi connectivity index (χ0) is 14.5. The van der Waals surface area contributed by atoms with Crippen molar-refractivity contribution in [2.45, 2.75) is 6.61 Å². The van der Waals surface area contributed by atoms with Crippen LogP contribution in [0.25, 0.3) is 0 Å². The number of benzene rings is 2. The van der Waals surface area contributed by atoms with Gasteiger partial charge in [0.15, 0.2) is 5.75 Å². The van der Waals surface area contributed by atoms with Crippen LogP contribution in [0.3, 0.4) is 0 Å². The van der Waals surface area contributed by atoms with E-state index >= 15 is 0 Å². The van der Waals surface area contributed by atoms with E-state index in [0.717, 1.165) is 0 Å². The summed E-state index contributed by atoms with van der Waals surface area (Å²) in [6.45, 7) is 0.231. The zero-order valence-electron chi connectivity index (χ0n) is 10.9. The van der Waals surface area contributed by atoms with Gasteiger partial charge in [-0.25, -0.2) is 0 Å². The predicted octanol–water partition coefficient (Wildman–Crippen LogP) is 2.76. The van der Waals surface area contributed by atoms with Gasteiger partial charge in [-0.05, 0) is 35.9 Å². The molecule has 0 amide bonds. The highest BCUT2D eigenvalue weighted by atomic mass is 16.6. The standard InChI is InChI=1S/C14H14N2O4/c1-19-14-7-2-10(8-13(14)16(17)18)9-20-12-5-3-11(15)4-6-12/h2-8H,9,15H2,1H3. The van der Waals surface area contributed by atoms with E-state index in [1.54, 1.807) is 36.4 Å². The van der Waals surface area contributed by atoms with Crippen molar-refractivity contribution in [3.05, 3.63) is 58.1 Å². The first kappa shape index (κ1) is 13.7. The van der Waals surface area contributed by atoms with Crippen LogP contribution >= 0.6 is 0 Å². The van der Waals surface area contributed by atoms with Gasteiger partial charge in [-0.1, -0.05) is 6.07 Å². The second kappa shape index (κ2) is 5.92. The molecule has 6 nitrogen and oxygen atoms in total. The molecule has 2 aromatic rings. The minimum atomic E-state index is -0.481. The van der Waals surface area contributed by atoms with Crippen LogP contribution in [0.4, 0.5) is 11.4 Å². The molecule has 20 heavy (non-hydrogen) atoms. The summed E-state index contributed by atoms with van der Waals surface area (Å²) >= 11 is 0. The number of nitro benzene ring substituents is 1. The summed E-state index contributed by atoms with van der Waals surface area (Å²) in [6, 6.07) is 11.7. The van der Waals surface area contributed by atoms with Crippen molar-refractivity contribution >= 4 is 11.4 Å². The minimum Gasteiger partial charge on any atom is -0.490 e. The van der Waals surface area contributed by atoms with Gasteiger partial charge in [-0.15, -0.1) is 0 Å². The Kier molecular flexibility index (Phi) is 4.05. The number of anilines is 1. The molecule has 0 bridgehead atoms. The molecular weight excluding hydrogens is 260 g/mol. The van der Waals surface area contributed by atoms with Crippen LogP contribution in [0.5, 0.6) is 11.5 Å². The molecule has 0 radical (unpaired) electrons. The quantitative estimate of drug-likeness (QED) is 0.514. The topological polar surface area (TPSA) is 87.6 Å². The first-order valence-corrected chi connectivity index (χ1v) is 5.90. The zero-order valence-corrected chi connectivity index (χ0v) is 10.9. The highest BCUT2D eigenvalue weighted by molar-refractivity contribution is 5.48. The molecule has 0 heterocycles. The van der Waals surface area contributed by atoms with E-state index in [9.17, 15) is 10.1 Å². The lowest BCUT2D eigenvalue weighted by Crippen LogP contribution is -1.99. The van der Waals surface area contributed by atoms with Crippen LogP contribution in [0, 0.1) is 10.1 Å². The molecule has 0 fully saturated rings. The minimum absolute atomic E-state index is 0.0779. The molecule has 0 spiro atoms. The van der Waals surface area contributed by atoms with Gasteiger partial charge in [0, 0.05) is 11.8 Å². The maximum absolute atomic E-state index is 10.9. The molecule has 6 heteroatoms. The number of hydrogen-bond acceptors (Lipinski definition) is 5. The molecule has 0 saturated carbocycles. The van der Waals surface area contributed by atoms with Crippen LogP contribution in [-0.2, 0) is 6.61 Å². The van der Waals surface area contributed by atoms with Crippen molar-refractivity contribution in [2.24, 2.45) is 0 Å². The van der Waals surface area contributed by atoms with Crippen LogP contribution < -0.4 is 15.2 Å². The lowest BCUT2D eigenvalue weighted by molar-refractivity contribution is -0.385. The largest absolute Gasteiger partial charge is 0.490 e. The summed E-state index contributed by atoms with van der Waals surface area (Å²) in [4.78, 5) is 10.4. The van der Waals surface area contributed by atoms with Gasteiger partial charge in [0.25, 0.3) is 0 Å². The highest BCUT2D eigenvalue weighted by Crippen LogP contribution is 2.28. The van der Waals surface area contributed by atoms with Crippen LogP contribution in [0.2, 0.25) is 0 Å². The van der Waals surface area contributed by atoms with E-state index in [1.165, 1.54) is 13.2 Å². The summed E-state index contributed by atoms with van der Waals surface area (Å²) in [5.74, 6) is 0.879. The van der Waals surface area contributed by atoms with Crippen molar-refractivity contribution in [3.63, 3.8) is 0 Å².